The lowest BCUT2D eigenvalue weighted by Gasteiger charge is -2.34. The van der Waals surface area contributed by atoms with Gasteiger partial charge in [-0.3, -0.25) is 0 Å². The van der Waals surface area contributed by atoms with E-state index in [1.807, 2.05) is 0 Å². The molecule has 11 aromatic rings. The molecule has 0 radical (unpaired) electrons. The van der Waals surface area contributed by atoms with Crippen LogP contribution in [0.5, 0.6) is 0 Å². The van der Waals surface area contributed by atoms with Crippen molar-refractivity contribution in [2.45, 2.75) is 10.8 Å². The number of hydrogen-bond donors (Lipinski definition) is 0. The van der Waals surface area contributed by atoms with Crippen molar-refractivity contribution in [2.24, 2.45) is 0 Å². The highest BCUT2D eigenvalue weighted by molar-refractivity contribution is 6.04. The van der Waals surface area contributed by atoms with Crippen LogP contribution in [0.4, 0.5) is 17.1 Å². The Morgan fingerprint density at radius 3 is 1.15 bits per heavy atom. The molecule has 0 aromatic heterocycles. The fourth-order valence-electron chi connectivity index (χ4n) is 13.1. The van der Waals surface area contributed by atoms with E-state index in [0.717, 1.165) is 17.1 Å². The summed E-state index contributed by atoms with van der Waals surface area (Å²) in [5.74, 6) is 0. The molecule has 1 nitrogen and oxygen atoms in total. The summed E-state index contributed by atoms with van der Waals surface area (Å²) in [6.07, 6.45) is 0. The van der Waals surface area contributed by atoms with Crippen LogP contribution in [0.2, 0.25) is 0 Å². The summed E-state index contributed by atoms with van der Waals surface area (Å²) in [6, 6.07) is 93.8. The van der Waals surface area contributed by atoms with Gasteiger partial charge in [0.15, 0.2) is 0 Å². The van der Waals surface area contributed by atoms with E-state index in [1.165, 1.54) is 111 Å². The van der Waals surface area contributed by atoms with Crippen molar-refractivity contribution in [3.8, 4) is 55.6 Å². The van der Waals surface area contributed by atoms with Gasteiger partial charge in [0.2, 0.25) is 0 Å². The molecule has 4 aliphatic rings. The number of fused-ring (bicyclic) bond motifs is 22. The molecule has 1 atom stereocenters. The minimum absolute atomic E-state index is 0.458. The predicted octanol–water partition coefficient (Wildman–Crippen LogP) is 16.7. The molecule has 0 fully saturated rings. The van der Waals surface area contributed by atoms with Gasteiger partial charge in [-0.1, -0.05) is 212 Å². The van der Waals surface area contributed by atoms with E-state index in [0.29, 0.717) is 0 Å². The zero-order valence-corrected chi connectivity index (χ0v) is 36.6. The standard InChI is InChI=1S/C66H41N/c1-2-16-42(17-3-1)43-30-33-45(34-31-43)67(46-35-38-54-51-22-8-13-27-59(51)65(62(54)40-46)57-25-11-6-20-49(57)50-21-7-12-26-58(50)65)47-36-39-55-52-23-9-14-28-60(52)66(63(55)41-47)61-29-15-10-24-53(61)56-37-32-44-18-4-5-19-48(44)64(56)66/h1-41H. The van der Waals surface area contributed by atoms with Gasteiger partial charge in [-0.05, 0) is 147 Å². The van der Waals surface area contributed by atoms with E-state index in [4.69, 9.17) is 0 Å². The summed E-state index contributed by atoms with van der Waals surface area (Å²) < 4.78 is 0. The molecule has 0 heterocycles. The predicted molar refractivity (Wildman–Crippen MR) is 277 cm³/mol. The maximum Gasteiger partial charge on any atom is 0.0732 e. The van der Waals surface area contributed by atoms with Gasteiger partial charge in [-0.25, -0.2) is 0 Å². The largest absolute Gasteiger partial charge is 0.310 e. The number of hydrogen-bond acceptors (Lipinski definition) is 1. The van der Waals surface area contributed by atoms with Crippen molar-refractivity contribution in [1.29, 1.82) is 0 Å². The molecule has 2 spiro atoms. The van der Waals surface area contributed by atoms with Crippen LogP contribution in [-0.4, -0.2) is 0 Å². The summed E-state index contributed by atoms with van der Waals surface area (Å²) in [5, 5.41) is 2.57. The second-order valence-corrected chi connectivity index (χ2v) is 18.6. The molecular weight excluding hydrogens is 807 g/mol. The number of anilines is 3. The quantitative estimate of drug-likeness (QED) is 0.171. The first-order valence-corrected chi connectivity index (χ1v) is 23.5. The molecule has 0 bridgehead atoms. The van der Waals surface area contributed by atoms with E-state index in [1.54, 1.807) is 0 Å². The summed E-state index contributed by atoms with van der Waals surface area (Å²) in [6.45, 7) is 0. The Hall–Kier alpha value is -8.52. The average molecular weight is 848 g/mol. The summed E-state index contributed by atoms with van der Waals surface area (Å²) in [5.41, 5.74) is 26.0. The Morgan fingerprint density at radius 1 is 0.239 bits per heavy atom. The maximum atomic E-state index is 2.53. The lowest BCUT2D eigenvalue weighted by Crippen LogP contribution is -2.27. The van der Waals surface area contributed by atoms with E-state index in [9.17, 15) is 0 Å². The molecule has 0 saturated carbocycles. The zero-order valence-electron chi connectivity index (χ0n) is 36.6. The van der Waals surface area contributed by atoms with Crippen LogP contribution in [0.15, 0.2) is 249 Å². The highest BCUT2D eigenvalue weighted by Crippen LogP contribution is 2.66. The van der Waals surface area contributed by atoms with Crippen molar-refractivity contribution < 1.29 is 0 Å². The Kier molecular flexibility index (Phi) is 7.42. The Balaban J connectivity index is 1.01. The SMILES string of the molecule is c1ccc(-c2ccc(N(c3ccc4c(c3)C3(c5ccccc5-c5ccccc53)c3ccccc3-4)c3ccc4c(c3)C3(c5ccccc5-4)c4ccccc4-c4ccc5ccccc5c43)cc2)cc1. The van der Waals surface area contributed by atoms with Gasteiger partial charge >= 0.3 is 0 Å². The van der Waals surface area contributed by atoms with Crippen molar-refractivity contribution >= 4 is 27.8 Å². The third-order valence-corrected chi connectivity index (χ3v) is 15.7. The van der Waals surface area contributed by atoms with Crippen molar-refractivity contribution in [3.05, 3.63) is 293 Å². The van der Waals surface area contributed by atoms with Gasteiger partial charge in [0, 0.05) is 17.1 Å². The molecule has 4 aliphatic carbocycles. The number of rotatable bonds is 4. The lowest BCUT2D eigenvalue weighted by atomic mass is 9.69. The van der Waals surface area contributed by atoms with Crippen LogP contribution in [-0.2, 0) is 10.8 Å². The summed E-state index contributed by atoms with van der Waals surface area (Å²) >= 11 is 0. The van der Waals surface area contributed by atoms with Crippen LogP contribution >= 0.6 is 0 Å². The maximum absolute atomic E-state index is 2.53. The first kappa shape index (κ1) is 36.8. The van der Waals surface area contributed by atoms with Crippen molar-refractivity contribution in [3.63, 3.8) is 0 Å². The number of benzene rings is 11. The average Bonchev–Trinajstić information content (AvgIpc) is 4.08. The molecule has 15 rings (SSSR count). The van der Waals surface area contributed by atoms with Gasteiger partial charge < -0.3 is 4.90 Å². The van der Waals surface area contributed by atoms with E-state index in [-0.39, 0.29) is 0 Å². The summed E-state index contributed by atoms with van der Waals surface area (Å²) in [7, 11) is 0. The first-order valence-electron chi connectivity index (χ1n) is 23.5. The molecule has 11 aromatic carbocycles. The van der Waals surface area contributed by atoms with Gasteiger partial charge in [-0.2, -0.15) is 0 Å². The van der Waals surface area contributed by atoms with Gasteiger partial charge in [0.25, 0.3) is 0 Å². The molecule has 0 N–H and O–H groups in total. The van der Waals surface area contributed by atoms with E-state index in [2.05, 4.69) is 254 Å². The summed E-state index contributed by atoms with van der Waals surface area (Å²) in [4.78, 5) is 2.51. The molecule has 1 unspecified atom stereocenters. The van der Waals surface area contributed by atoms with Gasteiger partial charge in [-0.15, -0.1) is 0 Å². The second kappa shape index (κ2) is 13.5. The molecular formula is C66H41N. The second-order valence-electron chi connectivity index (χ2n) is 18.6. The topological polar surface area (TPSA) is 3.24 Å². The Labute approximate surface area is 390 Å². The third-order valence-electron chi connectivity index (χ3n) is 15.7. The molecule has 310 valence electrons. The van der Waals surface area contributed by atoms with Crippen LogP contribution in [0, 0.1) is 0 Å². The van der Waals surface area contributed by atoms with Crippen molar-refractivity contribution in [1.82, 2.24) is 0 Å². The first-order chi connectivity index (χ1) is 33.2. The minimum atomic E-state index is -0.515. The van der Waals surface area contributed by atoms with Crippen LogP contribution in [0.3, 0.4) is 0 Å². The van der Waals surface area contributed by atoms with Crippen LogP contribution in [0.1, 0.15) is 44.5 Å². The molecule has 1 heteroatoms. The Morgan fingerprint density at radius 2 is 0.612 bits per heavy atom. The minimum Gasteiger partial charge on any atom is -0.310 e. The third kappa shape index (κ3) is 4.68. The van der Waals surface area contributed by atoms with Crippen molar-refractivity contribution in [2.75, 3.05) is 4.90 Å². The molecule has 0 aliphatic heterocycles. The molecule has 67 heavy (non-hydrogen) atoms. The zero-order chi connectivity index (χ0) is 43.8. The fraction of sp³-hybridized carbons (Fsp3) is 0.0303. The number of nitrogens with zero attached hydrogens (tertiary/aromatic N) is 1. The van der Waals surface area contributed by atoms with Crippen LogP contribution in [0.25, 0.3) is 66.4 Å². The van der Waals surface area contributed by atoms with Crippen LogP contribution < -0.4 is 4.90 Å². The smallest absolute Gasteiger partial charge is 0.0732 e. The molecule has 0 amide bonds. The van der Waals surface area contributed by atoms with E-state index < -0.39 is 10.8 Å². The Bertz CT molecular complexity index is 3800. The fourth-order valence-corrected chi connectivity index (χ4v) is 13.1. The van der Waals surface area contributed by atoms with Gasteiger partial charge in [0.1, 0.15) is 0 Å². The normalized spacial score (nSPS) is 15.6. The highest BCUT2D eigenvalue weighted by Gasteiger charge is 2.54. The molecule has 0 saturated heterocycles. The van der Waals surface area contributed by atoms with E-state index >= 15 is 0 Å². The van der Waals surface area contributed by atoms with Gasteiger partial charge in [0.05, 0.1) is 10.8 Å². The highest BCUT2D eigenvalue weighted by atomic mass is 15.1. The lowest BCUT2D eigenvalue weighted by molar-refractivity contribution is 0.793. The monoisotopic (exact) mass is 847 g/mol.